The number of piperidine rings is 1. The fourth-order valence-electron chi connectivity index (χ4n) is 3.31. The Bertz CT molecular complexity index is 697. The highest BCUT2D eigenvalue weighted by Gasteiger charge is 2.31. The van der Waals surface area contributed by atoms with E-state index in [1.807, 2.05) is 6.07 Å². The molecule has 0 aliphatic carbocycles. The van der Waals surface area contributed by atoms with Gasteiger partial charge in [0, 0.05) is 25.3 Å². The molecule has 1 aromatic carbocycles. The largest absolute Gasteiger partial charge is 0.316 e. The minimum Gasteiger partial charge on any atom is -0.316 e. The summed E-state index contributed by atoms with van der Waals surface area (Å²) in [5, 5.41) is 3.26. The quantitative estimate of drug-likeness (QED) is 0.855. The number of hydrogen-bond donors (Lipinski definition) is 2. The van der Waals surface area contributed by atoms with Gasteiger partial charge in [-0.1, -0.05) is 13.0 Å². The number of nitrogens with one attached hydrogen (secondary N) is 2. The van der Waals surface area contributed by atoms with Crippen LogP contribution in [0, 0.1) is 5.92 Å². The van der Waals surface area contributed by atoms with Crippen LogP contribution in [-0.2, 0) is 21.2 Å². The molecule has 6 nitrogen and oxygen atoms in total. The van der Waals surface area contributed by atoms with E-state index in [2.05, 4.69) is 10.0 Å². The number of nitrogens with zero attached hydrogens (tertiary/aromatic N) is 1. The Labute approximate surface area is 137 Å². The van der Waals surface area contributed by atoms with Crippen molar-refractivity contribution in [1.29, 1.82) is 0 Å². The van der Waals surface area contributed by atoms with Gasteiger partial charge in [-0.25, -0.2) is 13.1 Å². The molecule has 1 atom stereocenters. The topological polar surface area (TPSA) is 78.5 Å². The van der Waals surface area contributed by atoms with Crippen molar-refractivity contribution in [2.24, 2.45) is 5.92 Å². The highest BCUT2D eigenvalue weighted by Crippen LogP contribution is 2.32. The SMILES string of the molecule is CCNS(=O)(=O)c1ccc2c(c1)N(C(=O)C1CCCNC1)CC2. The number of amides is 1. The molecule has 1 unspecified atom stereocenters. The van der Waals surface area contributed by atoms with Crippen molar-refractivity contribution in [2.75, 3.05) is 31.1 Å². The Hall–Kier alpha value is -1.44. The summed E-state index contributed by atoms with van der Waals surface area (Å²) < 4.78 is 26.9. The van der Waals surface area contributed by atoms with Crippen molar-refractivity contribution < 1.29 is 13.2 Å². The maximum atomic E-state index is 12.8. The van der Waals surface area contributed by atoms with E-state index < -0.39 is 10.0 Å². The summed E-state index contributed by atoms with van der Waals surface area (Å²) in [6, 6.07) is 5.08. The highest BCUT2D eigenvalue weighted by atomic mass is 32.2. The van der Waals surface area contributed by atoms with E-state index in [1.165, 1.54) is 0 Å². The molecule has 2 aliphatic heterocycles. The monoisotopic (exact) mass is 337 g/mol. The molecule has 3 rings (SSSR count). The van der Waals surface area contributed by atoms with E-state index in [0.717, 1.165) is 37.1 Å². The molecule has 0 spiro atoms. The van der Waals surface area contributed by atoms with Gasteiger partial charge in [0.2, 0.25) is 15.9 Å². The molecule has 0 bridgehead atoms. The molecule has 1 amide bonds. The average Bonchev–Trinajstić information content (AvgIpc) is 2.98. The number of fused-ring (bicyclic) bond motifs is 1. The summed E-state index contributed by atoms with van der Waals surface area (Å²) in [6.45, 7) is 4.40. The second kappa shape index (κ2) is 6.59. The predicted octanol–water partition coefficient (Wildman–Crippen LogP) is 0.873. The molecular formula is C16H23N3O3S. The summed E-state index contributed by atoms with van der Waals surface area (Å²) in [4.78, 5) is 14.8. The molecule has 2 aliphatic rings. The van der Waals surface area contributed by atoms with Crippen molar-refractivity contribution >= 4 is 21.6 Å². The third kappa shape index (κ3) is 3.27. The zero-order valence-electron chi connectivity index (χ0n) is 13.3. The number of carbonyl (C=O) groups excluding carboxylic acids is 1. The van der Waals surface area contributed by atoms with Crippen molar-refractivity contribution in [1.82, 2.24) is 10.0 Å². The second-order valence-corrected chi connectivity index (χ2v) is 7.84. The predicted molar refractivity (Wildman–Crippen MR) is 89.0 cm³/mol. The number of rotatable bonds is 4. The van der Waals surface area contributed by atoms with Crippen LogP contribution < -0.4 is 14.9 Å². The average molecular weight is 337 g/mol. The number of anilines is 1. The molecule has 0 saturated carbocycles. The molecule has 1 aromatic rings. The van der Waals surface area contributed by atoms with Crippen LogP contribution in [0.1, 0.15) is 25.3 Å². The van der Waals surface area contributed by atoms with Crippen LogP contribution in [0.3, 0.4) is 0 Å². The Morgan fingerprint density at radius 1 is 1.43 bits per heavy atom. The molecule has 1 saturated heterocycles. The fourth-order valence-corrected chi connectivity index (χ4v) is 4.37. The van der Waals surface area contributed by atoms with Crippen LogP contribution in [0.4, 0.5) is 5.69 Å². The lowest BCUT2D eigenvalue weighted by Gasteiger charge is -2.27. The summed E-state index contributed by atoms with van der Waals surface area (Å²) >= 11 is 0. The minimum atomic E-state index is -3.51. The number of carbonyl (C=O) groups is 1. The van der Waals surface area contributed by atoms with Gasteiger partial charge in [0.1, 0.15) is 0 Å². The third-order valence-corrected chi connectivity index (χ3v) is 6.05. The van der Waals surface area contributed by atoms with Gasteiger partial charge < -0.3 is 10.2 Å². The second-order valence-electron chi connectivity index (χ2n) is 6.07. The van der Waals surface area contributed by atoms with E-state index in [-0.39, 0.29) is 16.7 Å². The van der Waals surface area contributed by atoms with Gasteiger partial charge in [-0.3, -0.25) is 4.79 Å². The maximum Gasteiger partial charge on any atom is 0.240 e. The molecule has 7 heteroatoms. The van der Waals surface area contributed by atoms with Crippen molar-refractivity contribution in [3.63, 3.8) is 0 Å². The molecular weight excluding hydrogens is 314 g/mol. The normalized spacial score (nSPS) is 21.3. The molecule has 126 valence electrons. The summed E-state index contributed by atoms with van der Waals surface area (Å²) in [6.07, 6.45) is 2.68. The van der Waals surface area contributed by atoms with E-state index in [1.54, 1.807) is 24.0 Å². The summed E-state index contributed by atoms with van der Waals surface area (Å²) in [7, 11) is -3.51. The Kier molecular flexibility index (Phi) is 4.70. The number of benzene rings is 1. The van der Waals surface area contributed by atoms with Crippen molar-refractivity contribution in [2.45, 2.75) is 31.1 Å². The maximum absolute atomic E-state index is 12.8. The van der Waals surface area contributed by atoms with E-state index >= 15 is 0 Å². The molecule has 2 heterocycles. The lowest BCUT2D eigenvalue weighted by atomic mass is 9.98. The van der Waals surface area contributed by atoms with Crippen molar-refractivity contribution in [3.8, 4) is 0 Å². The Morgan fingerprint density at radius 2 is 2.26 bits per heavy atom. The van der Waals surface area contributed by atoms with Gasteiger partial charge in [-0.05, 0) is 43.5 Å². The van der Waals surface area contributed by atoms with Crippen LogP contribution in [0.15, 0.2) is 23.1 Å². The first kappa shape index (κ1) is 16.4. The standard InChI is InChI=1S/C16H23N3O3S/c1-2-18-23(21,22)14-6-5-12-7-9-19(15(12)10-14)16(20)13-4-3-8-17-11-13/h5-6,10,13,17-18H,2-4,7-9,11H2,1H3. The van der Waals surface area contributed by atoms with Gasteiger partial charge >= 0.3 is 0 Å². The summed E-state index contributed by atoms with van der Waals surface area (Å²) in [5.41, 5.74) is 1.79. The number of sulfonamides is 1. The number of hydrogen-bond acceptors (Lipinski definition) is 4. The van der Waals surface area contributed by atoms with E-state index in [4.69, 9.17) is 0 Å². The van der Waals surface area contributed by atoms with Gasteiger partial charge in [-0.2, -0.15) is 0 Å². The van der Waals surface area contributed by atoms with E-state index in [0.29, 0.717) is 19.6 Å². The van der Waals surface area contributed by atoms with Gasteiger partial charge in [0.05, 0.1) is 10.8 Å². The molecule has 0 aromatic heterocycles. The lowest BCUT2D eigenvalue weighted by Crippen LogP contribution is -2.42. The van der Waals surface area contributed by atoms with Crippen LogP contribution in [-0.4, -0.2) is 40.5 Å². The van der Waals surface area contributed by atoms with Crippen LogP contribution >= 0.6 is 0 Å². The first-order valence-corrected chi connectivity index (χ1v) is 9.66. The first-order valence-electron chi connectivity index (χ1n) is 8.17. The molecule has 1 fully saturated rings. The van der Waals surface area contributed by atoms with Gasteiger partial charge in [0.15, 0.2) is 0 Å². The van der Waals surface area contributed by atoms with Crippen LogP contribution in [0.2, 0.25) is 0 Å². The molecule has 2 N–H and O–H groups in total. The third-order valence-electron chi connectivity index (χ3n) is 4.51. The Morgan fingerprint density at radius 3 is 2.96 bits per heavy atom. The smallest absolute Gasteiger partial charge is 0.240 e. The lowest BCUT2D eigenvalue weighted by molar-refractivity contribution is -0.122. The van der Waals surface area contributed by atoms with Gasteiger partial charge in [0.25, 0.3) is 0 Å². The van der Waals surface area contributed by atoms with E-state index in [9.17, 15) is 13.2 Å². The van der Waals surface area contributed by atoms with Gasteiger partial charge in [-0.15, -0.1) is 0 Å². The minimum absolute atomic E-state index is 0.0104. The van der Waals surface area contributed by atoms with Crippen LogP contribution in [0.5, 0.6) is 0 Å². The van der Waals surface area contributed by atoms with Crippen LogP contribution in [0.25, 0.3) is 0 Å². The Balaban J connectivity index is 1.87. The first-order chi connectivity index (χ1) is 11.0. The zero-order valence-corrected chi connectivity index (χ0v) is 14.2. The molecule has 0 radical (unpaired) electrons. The fraction of sp³-hybridized carbons (Fsp3) is 0.562. The zero-order chi connectivity index (χ0) is 16.4. The summed E-state index contributed by atoms with van der Waals surface area (Å²) in [5.74, 6) is 0.0951. The highest BCUT2D eigenvalue weighted by molar-refractivity contribution is 7.89. The van der Waals surface area contributed by atoms with Crippen molar-refractivity contribution in [3.05, 3.63) is 23.8 Å². The molecule has 23 heavy (non-hydrogen) atoms.